The highest BCUT2D eigenvalue weighted by atomic mass is 35.5. The molecule has 0 aromatic heterocycles. The number of hydrazine groups is 1. The smallest absolute Gasteiger partial charge is 0.215 e. The molecule has 1 aromatic carbocycles. The number of nitrogens with zero attached hydrogens (tertiary/aromatic N) is 2. The summed E-state index contributed by atoms with van der Waals surface area (Å²) in [5.74, 6) is 0.101. The number of nitrogens with two attached hydrogens (primary N) is 2. The molecule has 0 amide bonds. The maximum Gasteiger partial charge on any atom is 0.215 e. The van der Waals surface area contributed by atoms with E-state index in [0.717, 1.165) is 19.3 Å². The van der Waals surface area contributed by atoms with Crippen LogP contribution in [0.1, 0.15) is 32.6 Å². The zero-order chi connectivity index (χ0) is 15.7. The molecule has 0 atom stereocenters. The SMILES string of the molecule is CCCCCCN(NC(=N)N)C(N)=Nc1ccc(Cl)cc1. The number of halogens is 1. The van der Waals surface area contributed by atoms with Gasteiger partial charge in [-0.1, -0.05) is 37.8 Å². The van der Waals surface area contributed by atoms with E-state index in [1.165, 1.54) is 6.42 Å². The number of benzene rings is 1. The van der Waals surface area contributed by atoms with Crippen molar-refractivity contribution < 1.29 is 0 Å². The van der Waals surface area contributed by atoms with Crippen molar-refractivity contribution in [1.82, 2.24) is 10.4 Å². The number of aliphatic imine (C=N–C) groups is 1. The maximum atomic E-state index is 7.34. The molecule has 6 N–H and O–H groups in total. The first-order valence-corrected chi connectivity index (χ1v) is 7.38. The lowest BCUT2D eigenvalue weighted by molar-refractivity contribution is 0.356. The fourth-order valence-electron chi connectivity index (χ4n) is 1.78. The van der Waals surface area contributed by atoms with Crippen LogP contribution >= 0.6 is 11.6 Å². The highest BCUT2D eigenvalue weighted by molar-refractivity contribution is 6.30. The zero-order valence-corrected chi connectivity index (χ0v) is 13.0. The quantitative estimate of drug-likeness (QED) is 0.280. The van der Waals surface area contributed by atoms with Crippen molar-refractivity contribution in [2.45, 2.75) is 32.6 Å². The van der Waals surface area contributed by atoms with Crippen molar-refractivity contribution in [3.05, 3.63) is 29.3 Å². The van der Waals surface area contributed by atoms with Gasteiger partial charge in [0.25, 0.3) is 0 Å². The number of rotatable bonds is 6. The van der Waals surface area contributed by atoms with Gasteiger partial charge in [0, 0.05) is 11.6 Å². The Bertz CT molecular complexity index is 471. The molecule has 7 heteroatoms. The summed E-state index contributed by atoms with van der Waals surface area (Å²) in [4.78, 5) is 4.30. The summed E-state index contributed by atoms with van der Waals surface area (Å²) in [6, 6.07) is 7.05. The second-order valence-corrected chi connectivity index (χ2v) is 5.12. The molecular formula is C14H23ClN6. The van der Waals surface area contributed by atoms with E-state index in [0.29, 0.717) is 17.3 Å². The second-order valence-electron chi connectivity index (χ2n) is 4.68. The molecule has 0 aliphatic carbocycles. The van der Waals surface area contributed by atoms with Crippen molar-refractivity contribution in [2.75, 3.05) is 6.54 Å². The molecule has 21 heavy (non-hydrogen) atoms. The van der Waals surface area contributed by atoms with E-state index in [1.54, 1.807) is 29.3 Å². The summed E-state index contributed by atoms with van der Waals surface area (Å²) in [7, 11) is 0. The lowest BCUT2D eigenvalue weighted by Gasteiger charge is -2.24. The van der Waals surface area contributed by atoms with Gasteiger partial charge in [0.2, 0.25) is 11.9 Å². The first-order chi connectivity index (χ1) is 10.0. The molecule has 0 saturated carbocycles. The molecule has 0 aliphatic rings. The van der Waals surface area contributed by atoms with Crippen LogP contribution in [-0.4, -0.2) is 23.5 Å². The molecular weight excluding hydrogens is 288 g/mol. The molecule has 1 rings (SSSR count). The van der Waals surface area contributed by atoms with E-state index in [4.69, 9.17) is 28.5 Å². The van der Waals surface area contributed by atoms with Gasteiger partial charge < -0.3 is 11.5 Å². The Hall–Kier alpha value is -1.95. The molecule has 0 fully saturated rings. The highest BCUT2D eigenvalue weighted by Crippen LogP contribution is 2.16. The maximum absolute atomic E-state index is 7.34. The van der Waals surface area contributed by atoms with E-state index in [1.807, 2.05) is 0 Å². The van der Waals surface area contributed by atoms with E-state index in [9.17, 15) is 0 Å². The van der Waals surface area contributed by atoms with E-state index in [-0.39, 0.29) is 11.9 Å². The van der Waals surface area contributed by atoms with E-state index in [2.05, 4.69) is 17.3 Å². The zero-order valence-electron chi connectivity index (χ0n) is 12.3. The Morgan fingerprint density at radius 2 is 1.90 bits per heavy atom. The number of guanidine groups is 2. The minimum atomic E-state index is -0.167. The second kappa shape index (κ2) is 9.07. The van der Waals surface area contributed by atoms with Gasteiger partial charge in [0.15, 0.2) is 0 Å². The number of hydrogen-bond acceptors (Lipinski definition) is 2. The summed E-state index contributed by atoms with van der Waals surface area (Å²) in [6.45, 7) is 2.80. The minimum absolute atomic E-state index is 0.167. The molecule has 0 saturated heterocycles. The van der Waals surface area contributed by atoms with Crippen LogP contribution in [0, 0.1) is 5.41 Å². The Morgan fingerprint density at radius 3 is 2.48 bits per heavy atom. The minimum Gasteiger partial charge on any atom is -0.369 e. The highest BCUT2D eigenvalue weighted by Gasteiger charge is 2.08. The third-order valence-corrected chi connectivity index (χ3v) is 3.09. The summed E-state index contributed by atoms with van der Waals surface area (Å²) < 4.78 is 0. The van der Waals surface area contributed by atoms with Crippen LogP contribution in [-0.2, 0) is 0 Å². The van der Waals surface area contributed by atoms with Gasteiger partial charge in [-0.05, 0) is 30.7 Å². The first kappa shape index (κ1) is 17.1. The summed E-state index contributed by atoms with van der Waals surface area (Å²) in [5, 5.41) is 9.57. The van der Waals surface area contributed by atoms with Crippen LogP contribution in [0.4, 0.5) is 5.69 Å². The van der Waals surface area contributed by atoms with Crippen molar-refractivity contribution in [2.24, 2.45) is 16.5 Å². The third-order valence-electron chi connectivity index (χ3n) is 2.84. The Morgan fingerprint density at radius 1 is 1.24 bits per heavy atom. The average molecular weight is 311 g/mol. The van der Waals surface area contributed by atoms with Crippen LogP contribution in [0.2, 0.25) is 5.02 Å². The van der Waals surface area contributed by atoms with Gasteiger partial charge in [-0.3, -0.25) is 15.8 Å². The molecule has 116 valence electrons. The number of unbranched alkanes of at least 4 members (excludes halogenated alkanes) is 3. The largest absolute Gasteiger partial charge is 0.369 e. The summed E-state index contributed by atoms with van der Waals surface area (Å²) >= 11 is 5.83. The lowest BCUT2D eigenvalue weighted by atomic mass is 10.2. The molecule has 0 bridgehead atoms. The first-order valence-electron chi connectivity index (χ1n) is 7.01. The Kier molecular flexibility index (Phi) is 7.39. The predicted octanol–water partition coefficient (Wildman–Crippen LogP) is 2.57. The Balaban J connectivity index is 2.70. The van der Waals surface area contributed by atoms with Crippen molar-refractivity contribution in [1.29, 1.82) is 5.41 Å². The molecule has 0 spiro atoms. The standard InChI is InChI=1S/C14H23ClN6/c1-2-3-4-5-10-21(20-13(16)17)14(18)19-12-8-6-11(15)7-9-12/h6-9H,2-5,10H2,1H3,(H2,18,19)(H4,16,17,20). The summed E-state index contributed by atoms with van der Waals surface area (Å²) in [5.41, 5.74) is 14.8. The van der Waals surface area contributed by atoms with Crippen LogP contribution in [0.3, 0.4) is 0 Å². The van der Waals surface area contributed by atoms with Crippen LogP contribution in [0.25, 0.3) is 0 Å². The van der Waals surface area contributed by atoms with Gasteiger partial charge >= 0.3 is 0 Å². The van der Waals surface area contributed by atoms with Crippen LogP contribution < -0.4 is 16.9 Å². The third kappa shape index (κ3) is 6.85. The van der Waals surface area contributed by atoms with E-state index < -0.39 is 0 Å². The Labute approximate surface area is 130 Å². The molecule has 0 unspecified atom stereocenters. The van der Waals surface area contributed by atoms with Crippen LogP contribution in [0.5, 0.6) is 0 Å². The fraction of sp³-hybridized carbons (Fsp3) is 0.429. The van der Waals surface area contributed by atoms with Gasteiger partial charge in [-0.2, -0.15) is 0 Å². The number of nitrogens with one attached hydrogen (secondary N) is 2. The van der Waals surface area contributed by atoms with E-state index >= 15 is 0 Å². The van der Waals surface area contributed by atoms with Gasteiger partial charge in [0.1, 0.15) is 0 Å². The average Bonchev–Trinajstić information content (AvgIpc) is 2.44. The van der Waals surface area contributed by atoms with Gasteiger partial charge in [-0.15, -0.1) is 0 Å². The molecule has 6 nitrogen and oxygen atoms in total. The normalized spacial score (nSPS) is 11.2. The molecule has 0 radical (unpaired) electrons. The summed E-state index contributed by atoms with van der Waals surface area (Å²) in [6.07, 6.45) is 4.38. The van der Waals surface area contributed by atoms with Crippen molar-refractivity contribution >= 4 is 29.2 Å². The molecule has 0 heterocycles. The predicted molar refractivity (Wildman–Crippen MR) is 88.6 cm³/mol. The molecule has 1 aromatic rings. The molecule has 0 aliphatic heterocycles. The number of hydrogen-bond donors (Lipinski definition) is 4. The topological polar surface area (TPSA) is 104 Å². The van der Waals surface area contributed by atoms with Crippen molar-refractivity contribution in [3.63, 3.8) is 0 Å². The lowest BCUT2D eigenvalue weighted by Crippen LogP contribution is -2.52. The van der Waals surface area contributed by atoms with Gasteiger partial charge in [-0.25, -0.2) is 4.99 Å². The van der Waals surface area contributed by atoms with Gasteiger partial charge in [0.05, 0.1) is 5.69 Å². The fourth-order valence-corrected chi connectivity index (χ4v) is 1.90. The monoisotopic (exact) mass is 310 g/mol. The van der Waals surface area contributed by atoms with Crippen molar-refractivity contribution in [3.8, 4) is 0 Å². The van der Waals surface area contributed by atoms with Crippen LogP contribution in [0.15, 0.2) is 29.3 Å².